The van der Waals surface area contributed by atoms with E-state index in [0.29, 0.717) is 18.8 Å². The number of fused-ring (bicyclic) bond motifs is 7. The quantitative estimate of drug-likeness (QED) is 0.418. The molecular weight excluding hydrogens is 570 g/mol. The second-order valence-corrected chi connectivity index (χ2v) is 14.9. The summed E-state index contributed by atoms with van der Waals surface area (Å²) in [6, 6.07) is 10.2. The van der Waals surface area contributed by atoms with E-state index < -0.39 is 41.5 Å². The fraction of sp³-hybridized carbons (Fsp3) is 0.568. The Kier molecular flexibility index (Phi) is 6.76. The summed E-state index contributed by atoms with van der Waals surface area (Å²) in [5, 5.41) is 31.9. The molecule has 1 aromatic heterocycles. The summed E-state index contributed by atoms with van der Waals surface area (Å²) in [7, 11) is 0. The molecule has 1 saturated heterocycles. The Morgan fingerprint density at radius 3 is 2.73 bits per heavy atom. The zero-order valence-corrected chi connectivity index (χ0v) is 26.0. The molecule has 0 radical (unpaired) electrons. The van der Waals surface area contributed by atoms with Gasteiger partial charge in [0, 0.05) is 34.7 Å². The molecule has 1 aromatic carbocycles. The third-order valence-corrected chi connectivity index (χ3v) is 12.7. The highest BCUT2D eigenvalue weighted by Gasteiger charge is 2.76. The third-order valence-electron chi connectivity index (χ3n) is 12.7. The van der Waals surface area contributed by atoms with Gasteiger partial charge in [-0.05, 0) is 85.6 Å². The average molecular weight is 614 g/mol. The van der Waals surface area contributed by atoms with E-state index in [1.165, 1.54) is 0 Å². The lowest BCUT2D eigenvalue weighted by Crippen LogP contribution is -2.63. The summed E-state index contributed by atoms with van der Waals surface area (Å²) in [6.07, 6.45) is 12.3. The SMILES string of the molecule is C[C@]12C=CC(=O)C=C1CC[C@@H]1[C@@H]2[C@@H](O)C[C@@]2(C)[C@H]1C[C@H]1O[C@@H](c3ccn([C@@H](c4cccc(CO)c4)C4CC4)c3)O[C@]12C(=O)CO. The van der Waals surface area contributed by atoms with Crippen LogP contribution in [0.2, 0.25) is 0 Å². The number of nitrogens with zero attached hydrogens (tertiary/aromatic N) is 1. The van der Waals surface area contributed by atoms with Crippen molar-refractivity contribution in [1.29, 1.82) is 0 Å². The molecule has 2 aromatic rings. The fourth-order valence-corrected chi connectivity index (χ4v) is 10.6. The summed E-state index contributed by atoms with van der Waals surface area (Å²) < 4.78 is 15.7. The Hall–Kier alpha value is -2.88. The van der Waals surface area contributed by atoms with Gasteiger partial charge in [0.1, 0.15) is 6.61 Å². The highest BCUT2D eigenvalue weighted by molar-refractivity contribution is 6.01. The Bertz CT molecular complexity index is 1600. The van der Waals surface area contributed by atoms with Gasteiger partial charge >= 0.3 is 0 Å². The lowest BCUT2D eigenvalue weighted by atomic mass is 9.46. The number of carbonyl (C=O) groups excluding carboxylic acids is 2. The lowest BCUT2D eigenvalue weighted by Gasteiger charge is -2.59. The molecule has 1 aliphatic heterocycles. The van der Waals surface area contributed by atoms with E-state index in [2.05, 4.69) is 36.7 Å². The van der Waals surface area contributed by atoms with Crippen molar-refractivity contribution in [2.75, 3.05) is 6.61 Å². The number of aliphatic hydroxyl groups is 3. The number of rotatable bonds is 7. The number of carbonyl (C=O) groups is 2. The second-order valence-electron chi connectivity index (χ2n) is 14.9. The van der Waals surface area contributed by atoms with Crippen molar-refractivity contribution in [1.82, 2.24) is 4.57 Å². The molecule has 5 aliphatic carbocycles. The largest absolute Gasteiger partial charge is 0.393 e. The van der Waals surface area contributed by atoms with Gasteiger partial charge in [0.25, 0.3) is 0 Å². The predicted octanol–water partition coefficient (Wildman–Crippen LogP) is 4.58. The van der Waals surface area contributed by atoms with E-state index in [1.54, 1.807) is 12.2 Å². The van der Waals surface area contributed by atoms with Gasteiger partial charge in [-0.2, -0.15) is 0 Å². The van der Waals surface area contributed by atoms with E-state index in [-0.39, 0.29) is 42.0 Å². The van der Waals surface area contributed by atoms with Gasteiger partial charge in [-0.1, -0.05) is 49.8 Å². The van der Waals surface area contributed by atoms with Gasteiger partial charge in [-0.3, -0.25) is 9.59 Å². The van der Waals surface area contributed by atoms with Crippen LogP contribution in [-0.4, -0.2) is 55.9 Å². The first-order chi connectivity index (χ1) is 21.6. The van der Waals surface area contributed by atoms with Crippen LogP contribution in [0.1, 0.15) is 81.4 Å². The molecule has 238 valence electrons. The number of Topliss-reactive ketones (excluding diaryl/α,β-unsaturated/α-hetero) is 1. The van der Waals surface area contributed by atoms with E-state index in [0.717, 1.165) is 47.9 Å². The van der Waals surface area contributed by atoms with E-state index in [9.17, 15) is 24.9 Å². The van der Waals surface area contributed by atoms with Gasteiger partial charge in [-0.15, -0.1) is 0 Å². The van der Waals surface area contributed by atoms with E-state index in [1.807, 2.05) is 30.5 Å². The Balaban J connectivity index is 1.11. The molecule has 8 nitrogen and oxygen atoms in total. The Labute approximate surface area is 263 Å². The van der Waals surface area contributed by atoms with Crippen LogP contribution in [0.3, 0.4) is 0 Å². The molecule has 0 spiro atoms. The van der Waals surface area contributed by atoms with Crippen LogP contribution >= 0.6 is 0 Å². The second kappa shape index (κ2) is 10.3. The molecule has 4 saturated carbocycles. The maximum absolute atomic E-state index is 13.9. The Morgan fingerprint density at radius 1 is 1.16 bits per heavy atom. The molecule has 0 bridgehead atoms. The standard InChI is InChI=1S/C37H43NO7/c1-35-12-10-26(41)15-25(35)8-9-27-28-16-31-37(30(43)20-40,36(28,2)17-29(42)32(27)35)45-34(44-31)24-11-13-38(18-24)33(22-6-7-22)23-5-3-4-21(14-23)19-39/h3-5,10-15,18,22,27-29,31-34,39-40,42H,6-9,16-17,19-20H2,1-2H3/t27-,28-,29-,31+,32+,33+,34+,35-,36-,37+/m0/s1. The highest BCUT2D eigenvalue weighted by Crippen LogP contribution is 2.70. The van der Waals surface area contributed by atoms with Crippen molar-refractivity contribution in [2.45, 2.75) is 89.1 Å². The molecule has 8 rings (SSSR count). The summed E-state index contributed by atoms with van der Waals surface area (Å²) in [5.74, 6) is 0.226. The average Bonchev–Trinajstić information content (AvgIpc) is 3.50. The first-order valence-corrected chi connectivity index (χ1v) is 16.6. The van der Waals surface area contributed by atoms with Crippen LogP contribution in [0, 0.1) is 34.5 Å². The molecule has 5 fully saturated rings. The van der Waals surface area contributed by atoms with E-state index >= 15 is 0 Å². The fourth-order valence-electron chi connectivity index (χ4n) is 10.6. The van der Waals surface area contributed by atoms with Crippen molar-refractivity contribution >= 4 is 11.6 Å². The summed E-state index contributed by atoms with van der Waals surface area (Å²) >= 11 is 0. The van der Waals surface area contributed by atoms with Crippen LogP contribution in [0.25, 0.3) is 0 Å². The maximum Gasteiger partial charge on any atom is 0.193 e. The maximum atomic E-state index is 13.9. The van der Waals surface area contributed by atoms with Crippen molar-refractivity contribution < 1.29 is 34.4 Å². The molecule has 2 heterocycles. The van der Waals surface area contributed by atoms with Crippen LogP contribution < -0.4 is 0 Å². The minimum atomic E-state index is -1.37. The van der Waals surface area contributed by atoms with Gasteiger partial charge in [0.05, 0.1) is 24.9 Å². The molecule has 45 heavy (non-hydrogen) atoms. The van der Waals surface area contributed by atoms with Crippen LogP contribution in [0.4, 0.5) is 0 Å². The topological polar surface area (TPSA) is 118 Å². The summed E-state index contributed by atoms with van der Waals surface area (Å²) in [5.41, 5.74) is 1.44. The molecule has 8 heteroatoms. The summed E-state index contributed by atoms with van der Waals surface area (Å²) in [4.78, 5) is 26.1. The van der Waals surface area contributed by atoms with Crippen molar-refractivity contribution in [2.24, 2.45) is 34.5 Å². The minimum Gasteiger partial charge on any atom is -0.393 e. The molecule has 0 unspecified atom stereocenters. The first-order valence-electron chi connectivity index (χ1n) is 16.6. The monoisotopic (exact) mass is 613 g/mol. The molecular formula is C37H43NO7. The molecule has 0 amide bonds. The highest BCUT2D eigenvalue weighted by atomic mass is 16.7. The molecule has 6 aliphatic rings. The minimum absolute atomic E-state index is 0.00217. The normalized spacial score (nSPS) is 40.7. The van der Waals surface area contributed by atoms with Crippen molar-refractivity contribution in [3.05, 3.63) is 83.2 Å². The number of allylic oxidation sites excluding steroid dienone is 4. The molecule has 10 atom stereocenters. The number of aromatic nitrogens is 1. The number of benzene rings is 1. The van der Waals surface area contributed by atoms with Gasteiger partial charge < -0.3 is 29.4 Å². The van der Waals surface area contributed by atoms with Crippen molar-refractivity contribution in [3.8, 4) is 0 Å². The number of hydrogen-bond acceptors (Lipinski definition) is 7. The lowest BCUT2D eigenvalue weighted by molar-refractivity contribution is -0.201. The predicted molar refractivity (Wildman–Crippen MR) is 165 cm³/mol. The number of hydrogen-bond donors (Lipinski definition) is 3. The zero-order chi connectivity index (χ0) is 31.3. The number of ether oxygens (including phenoxy) is 2. The first kappa shape index (κ1) is 29.5. The van der Waals surface area contributed by atoms with Gasteiger partial charge in [0.15, 0.2) is 23.5 Å². The Morgan fingerprint density at radius 2 is 1.98 bits per heavy atom. The van der Waals surface area contributed by atoms with Crippen LogP contribution in [0.5, 0.6) is 0 Å². The van der Waals surface area contributed by atoms with Crippen LogP contribution in [-0.2, 0) is 25.7 Å². The number of aliphatic hydroxyl groups excluding tert-OH is 3. The zero-order valence-electron chi connectivity index (χ0n) is 26.0. The number of ketones is 2. The van der Waals surface area contributed by atoms with Crippen molar-refractivity contribution in [3.63, 3.8) is 0 Å². The van der Waals surface area contributed by atoms with Gasteiger partial charge in [0.2, 0.25) is 0 Å². The molecule has 3 N–H and O–H groups in total. The van der Waals surface area contributed by atoms with E-state index in [4.69, 9.17) is 9.47 Å². The van der Waals surface area contributed by atoms with Gasteiger partial charge in [-0.25, -0.2) is 0 Å². The summed E-state index contributed by atoms with van der Waals surface area (Å²) in [6.45, 7) is 3.54. The third kappa shape index (κ3) is 4.15. The van der Waals surface area contributed by atoms with Crippen LogP contribution in [0.15, 0.2) is 66.5 Å². The smallest absolute Gasteiger partial charge is 0.193 e.